The molecule has 2 aromatic rings. The molecule has 4 N–H and O–H groups in total. The van der Waals surface area contributed by atoms with Crippen molar-refractivity contribution in [2.45, 2.75) is 37.9 Å². The SMILES string of the molecule is NC1CCCN(c2c(Br)cnc3[nH]cc(N4C=CC=C[C@@H]4NC(=O)C4CC4)c23)C1. The molecule has 0 bridgehead atoms. The van der Waals surface area contributed by atoms with Crippen LogP contribution in [0, 0.1) is 5.92 Å². The fourth-order valence-electron chi connectivity index (χ4n) is 4.22. The highest BCUT2D eigenvalue weighted by molar-refractivity contribution is 9.10. The number of anilines is 2. The van der Waals surface area contributed by atoms with E-state index in [1.54, 1.807) is 0 Å². The van der Waals surface area contributed by atoms with Crippen molar-refractivity contribution in [3.8, 4) is 0 Å². The number of pyridine rings is 1. The van der Waals surface area contributed by atoms with Crippen molar-refractivity contribution < 1.29 is 4.79 Å². The lowest BCUT2D eigenvalue weighted by atomic mass is 10.0. The number of halogens is 1. The number of piperidine rings is 1. The Morgan fingerprint density at radius 1 is 1.31 bits per heavy atom. The van der Waals surface area contributed by atoms with Gasteiger partial charge in [0.15, 0.2) is 0 Å². The van der Waals surface area contributed by atoms with Crippen molar-refractivity contribution in [1.82, 2.24) is 15.3 Å². The first-order chi connectivity index (χ1) is 14.1. The Kier molecular flexibility index (Phi) is 4.83. The van der Waals surface area contributed by atoms with Crippen LogP contribution in [-0.4, -0.2) is 41.2 Å². The largest absolute Gasteiger partial charge is 0.368 e. The van der Waals surface area contributed by atoms with Gasteiger partial charge in [0.05, 0.1) is 21.2 Å². The van der Waals surface area contributed by atoms with E-state index in [9.17, 15) is 4.79 Å². The van der Waals surface area contributed by atoms with Gasteiger partial charge in [0, 0.05) is 43.6 Å². The molecule has 0 radical (unpaired) electrons. The van der Waals surface area contributed by atoms with Gasteiger partial charge in [-0.1, -0.05) is 6.08 Å². The maximum absolute atomic E-state index is 12.4. The number of H-pyrrole nitrogens is 1. The van der Waals surface area contributed by atoms with Crippen LogP contribution in [0.1, 0.15) is 25.7 Å². The Hall–Kier alpha value is -2.32. The summed E-state index contributed by atoms with van der Waals surface area (Å²) in [6.07, 6.45) is 15.7. The van der Waals surface area contributed by atoms with Crippen LogP contribution in [0.4, 0.5) is 11.4 Å². The van der Waals surface area contributed by atoms with Crippen molar-refractivity contribution in [2.75, 3.05) is 22.9 Å². The fourth-order valence-corrected chi connectivity index (χ4v) is 4.77. The second-order valence-electron chi connectivity index (χ2n) is 8.06. The minimum atomic E-state index is -0.220. The standard InChI is InChI=1S/C21H25BrN6O/c22-15-10-24-20-18(19(15)27-8-3-4-14(23)12-27)16(11-25-20)28-9-2-1-5-17(28)26-21(29)13-6-7-13/h1-2,5,9-11,13-14,17H,3-4,6-8,12,23H2,(H,24,25)(H,26,29)/t14?,17-/m1/s1. The second kappa shape index (κ2) is 7.50. The highest BCUT2D eigenvalue weighted by Gasteiger charge is 2.33. The maximum atomic E-state index is 12.4. The number of fused-ring (bicyclic) bond motifs is 1. The van der Waals surface area contributed by atoms with E-state index in [-0.39, 0.29) is 24.0 Å². The average Bonchev–Trinajstić information content (AvgIpc) is 3.49. The van der Waals surface area contributed by atoms with Gasteiger partial charge in [-0.3, -0.25) is 4.79 Å². The van der Waals surface area contributed by atoms with Gasteiger partial charge >= 0.3 is 0 Å². The lowest BCUT2D eigenvalue weighted by Gasteiger charge is -2.35. The summed E-state index contributed by atoms with van der Waals surface area (Å²) in [4.78, 5) is 24.7. The van der Waals surface area contributed by atoms with Crippen molar-refractivity contribution in [2.24, 2.45) is 11.7 Å². The van der Waals surface area contributed by atoms with Crippen LogP contribution in [0.15, 0.2) is 41.3 Å². The molecule has 7 nitrogen and oxygen atoms in total. The molecule has 1 amide bonds. The Morgan fingerprint density at radius 2 is 2.17 bits per heavy atom. The Labute approximate surface area is 178 Å². The Morgan fingerprint density at radius 3 is 2.97 bits per heavy atom. The van der Waals surface area contributed by atoms with E-state index in [4.69, 9.17) is 5.73 Å². The number of nitrogens with zero attached hydrogens (tertiary/aromatic N) is 3. The quantitative estimate of drug-likeness (QED) is 0.657. The molecule has 1 unspecified atom stereocenters. The van der Waals surface area contributed by atoms with E-state index in [1.807, 2.05) is 36.8 Å². The normalized spacial score (nSPS) is 24.3. The molecule has 2 aliphatic heterocycles. The summed E-state index contributed by atoms with van der Waals surface area (Å²) in [5.74, 6) is 0.293. The van der Waals surface area contributed by atoms with Gasteiger partial charge in [-0.25, -0.2) is 4.98 Å². The number of aromatic amines is 1. The van der Waals surface area contributed by atoms with Gasteiger partial charge in [0.25, 0.3) is 0 Å². The van der Waals surface area contributed by atoms with E-state index in [1.165, 1.54) is 0 Å². The number of nitrogens with one attached hydrogen (secondary N) is 2. The number of nitrogens with two attached hydrogens (primary N) is 1. The number of allylic oxidation sites excluding steroid dienone is 2. The van der Waals surface area contributed by atoms with E-state index >= 15 is 0 Å². The van der Waals surface area contributed by atoms with Crippen LogP contribution >= 0.6 is 15.9 Å². The minimum Gasteiger partial charge on any atom is -0.368 e. The summed E-state index contributed by atoms with van der Waals surface area (Å²) in [5, 5.41) is 4.21. The second-order valence-corrected chi connectivity index (χ2v) is 8.92. The molecule has 1 saturated heterocycles. The zero-order valence-electron chi connectivity index (χ0n) is 16.1. The first-order valence-corrected chi connectivity index (χ1v) is 11.0. The van der Waals surface area contributed by atoms with Crippen LogP contribution in [-0.2, 0) is 4.79 Å². The molecule has 3 aliphatic rings. The van der Waals surface area contributed by atoms with Crippen molar-refractivity contribution in [3.63, 3.8) is 0 Å². The number of aromatic nitrogens is 2. The first-order valence-electron chi connectivity index (χ1n) is 10.2. The van der Waals surface area contributed by atoms with Crippen LogP contribution in [0.3, 0.4) is 0 Å². The van der Waals surface area contributed by atoms with Gasteiger partial charge in [-0.2, -0.15) is 0 Å². The van der Waals surface area contributed by atoms with Gasteiger partial charge in [0.1, 0.15) is 11.8 Å². The molecule has 4 heterocycles. The number of amides is 1. The highest BCUT2D eigenvalue weighted by Crippen LogP contribution is 2.41. The molecule has 2 aromatic heterocycles. The van der Waals surface area contributed by atoms with Crippen molar-refractivity contribution in [3.05, 3.63) is 41.3 Å². The van der Waals surface area contributed by atoms with E-state index < -0.39 is 0 Å². The topological polar surface area (TPSA) is 90.3 Å². The van der Waals surface area contributed by atoms with Gasteiger partial charge in [-0.05, 0) is 53.8 Å². The Bertz CT molecular complexity index is 994. The van der Waals surface area contributed by atoms with Gasteiger partial charge < -0.3 is 25.8 Å². The van der Waals surface area contributed by atoms with Crippen molar-refractivity contribution in [1.29, 1.82) is 0 Å². The molecule has 2 fully saturated rings. The molecule has 152 valence electrons. The third-order valence-electron chi connectivity index (χ3n) is 5.85. The number of rotatable bonds is 4. The third-order valence-corrected chi connectivity index (χ3v) is 6.43. The van der Waals surface area contributed by atoms with Crippen molar-refractivity contribution >= 4 is 44.2 Å². The number of carbonyl (C=O) groups is 1. The van der Waals surface area contributed by atoms with E-state index in [2.05, 4.69) is 41.0 Å². The molecular formula is C21H25BrN6O. The zero-order valence-corrected chi connectivity index (χ0v) is 17.7. The monoisotopic (exact) mass is 456 g/mol. The predicted molar refractivity (Wildman–Crippen MR) is 119 cm³/mol. The van der Waals surface area contributed by atoms with E-state index in [0.717, 1.165) is 65.7 Å². The summed E-state index contributed by atoms with van der Waals surface area (Å²) >= 11 is 3.72. The molecule has 1 aliphatic carbocycles. The van der Waals surface area contributed by atoms with Gasteiger partial charge in [0.2, 0.25) is 5.91 Å². The van der Waals surface area contributed by atoms with Crippen LogP contribution < -0.4 is 20.9 Å². The summed E-state index contributed by atoms with van der Waals surface area (Å²) in [7, 11) is 0. The molecule has 29 heavy (non-hydrogen) atoms. The third kappa shape index (κ3) is 3.55. The lowest BCUT2D eigenvalue weighted by Crippen LogP contribution is -2.46. The lowest BCUT2D eigenvalue weighted by molar-refractivity contribution is -0.122. The summed E-state index contributed by atoms with van der Waals surface area (Å²) in [6.45, 7) is 1.79. The molecule has 5 rings (SSSR count). The number of carbonyl (C=O) groups excluding carboxylic acids is 1. The Balaban J connectivity index is 1.55. The first kappa shape index (κ1) is 18.7. The molecule has 0 aromatic carbocycles. The minimum absolute atomic E-state index is 0.126. The molecule has 8 heteroatoms. The molecule has 2 atom stereocenters. The summed E-state index contributed by atoms with van der Waals surface area (Å²) in [6, 6.07) is 0.171. The number of hydrogen-bond acceptors (Lipinski definition) is 5. The van der Waals surface area contributed by atoms with Crippen LogP contribution in [0.2, 0.25) is 0 Å². The van der Waals surface area contributed by atoms with E-state index in [0.29, 0.717) is 0 Å². The summed E-state index contributed by atoms with van der Waals surface area (Å²) in [5.41, 5.74) is 9.19. The summed E-state index contributed by atoms with van der Waals surface area (Å²) < 4.78 is 0.954. The van der Waals surface area contributed by atoms with Gasteiger partial charge in [-0.15, -0.1) is 0 Å². The maximum Gasteiger partial charge on any atom is 0.224 e. The fraction of sp³-hybridized carbons (Fsp3) is 0.429. The average molecular weight is 457 g/mol. The smallest absolute Gasteiger partial charge is 0.224 e. The van der Waals surface area contributed by atoms with Crippen LogP contribution in [0.5, 0.6) is 0 Å². The van der Waals surface area contributed by atoms with Crippen LogP contribution in [0.25, 0.3) is 11.0 Å². The zero-order chi connectivity index (χ0) is 20.0. The highest BCUT2D eigenvalue weighted by atomic mass is 79.9. The number of hydrogen-bond donors (Lipinski definition) is 3. The molecule has 1 saturated carbocycles. The molecule has 0 spiro atoms. The molecular weight excluding hydrogens is 432 g/mol. The predicted octanol–water partition coefficient (Wildman–Crippen LogP) is 3.00.